The first-order chi connectivity index (χ1) is 18.9. The molecule has 0 bridgehead atoms. The summed E-state index contributed by atoms with van der Waals surface area (Å²) in [6, 6.07) is 4.02. The van der Waals surface area contributed by atoms with Crippen molar-refractivity contribution in [3.05, 3.63) is 36.3 Å². The number of ether oxygens (including phenoxy) is 1. The first-order valence-electron chi connectivity index (χ1n) is 14.0. The van der Waals surface area contributed by atoms with Crippen LogP contribution in [0.4, 0.5) is 17.6 Å². The minimum absolute atomic E-state index is 0.0614. The molecule has 2 aliphatic rings. The van der Waals surface area contributed by atoms with Gasteiger partial charge in [0.25, 0.3) is 5.91 Å². The fraction of sp³-hybridized carbons (Fsp3) is 0.571. The number of amides is 1. The third-order valence-electron chi connectivity index (χ3n) is 7.79. The van der Waals surface area contributed by atoms with Crippen molar-refractivity contribution in [2.75, 3.05) is 76.7 Å². The van der Waals surface area contributed by atoms with E-state index in [9.17, 15) is 4.79 Å². The van der Waals surface area contributed by atoms with E-state index in [1.165, 1.54) is 0 Å². The molecule has 0 atom stereocenters. The molecule has 0 aliphatic carbocycles. The van der Waals surface area contributed by atoms with E-state index < -0.39 is 0 Å². The van der Waals surface area contributed by atoms with Gasteiger partial charge in [-0.25, -0.2) is 9.97 Å². The highest BCUT2D eigenvalue weighted by atomic mass is 16.5. The first kappa shape index (κ1) is 27.3. The van der Waals surface area contributed by atoms with Gasteiger partial charge in [-0.15, -0.1) is 0 Å². The van der Waals surface area contributed by atoms with Crippen LogP contribution in [0.15, 0.2) is 30.7 Å². The number of hydrogen-bond acceptors (Lipinski definition) is 9. The normalized spacial score (nSPS) is 17.7. The molecule has 2 saturated heterocycles. The van der Waals surface area contributed by atoms with Crippen molar-refractivity contribution in [2.24, 2.45) is 0 Å². The number of piperidine rings is 1. The van der Waals surface area contributed by atoms with Crippen LogP contribution in [0, 0.1) is 0 Å². The van der Waals surface area contributed by atoms with E-state index in [1.54, 1.807) is 19.5 Å². The molecule has 0 saturated carbocycles. The molecule has 0 spiro atoms. The SMILES string of the molecule is COC1CCN(c2nccc(Nc3cc4c(cn3)c(C(=O)NCCN3CCN(C)CC3)cn4C(C)C)n2)CC1. The minimum atomic E-state index is -0.0614. The van der Waals surface area contributed by atoms with Gasteiger partial charge in [0.2, 0.25) is 5.95 Å². The van der Waals surface area contributed by atoms with Gasteiger partial charge >= 0.3 is 0 Å². The topological polar surface area (TPSA) is 104 Å². The van der Waals surface area contributed by atoms with Crippen LogP contribution in [0.25, 0.3) is 10.9 Å². The minimum Gasteiger partial charge on any atom is -0.381 e. The average molecular weight is 536 g/mol. The molecule has 39 heavy (non-hydrogen) atoms. The first-order valence-corrected chi connectivity index (χ1v) is 14.0. The Balaban J connectivity index is 1.28. The predicted octanol–water partition coefficient (Wildman–Crippen LogP) is 2.74. The van der Waals surface area contributed by atoms with E-state index in [-0.39, 0.29) is 11.9 Å². The van der Waals surface area contributed by atoms with E-state index in [0.29, 0.717) is 35.8 Å². The van der Waals surface area contributed by atoms with Crippen molar-refractivity contribution < 1.29 is 9.53 Å². The molecule has 11 heteroatoms. The van der Waals surface area contributed by atoms with Crippen LogP contribution in [0.3, 0.4) is 0 Å². The fourth-order valence-electron chi connectivity index (χ4n) is 5.31. The van der Waals surface area contributed by atoms with Crippen LogP contribution >= 0.6 is 0 Å². The Labute approximate surface area is 230 Å². The van der Waals surface area contributed by atoms with E-state index in [0.717, 1.165) is 69.6 Å². The zero-order chi connectivity index (χ0) is 27.4. The molecule has 11 nitrogen and oxygen atoms in total. The van der Waals surface area contributed by atoms with Crippen molar-refractivity contribution in [2.45, 2.75) is 38.8 Å². The second-order valence-electron chi connectivity index (χ2n) is 10.8. The molecule has 1 amide bonds. The second-order valence-corrected chi connectivity index (χ2v) is 10.8. The molecule has 3 aromatic rings. The standard InChI is InChI=1S/C28H41N9O2/c1-20(2)37-19-23(27(38)29-9-12-35-15-13-34(3)14-16-35)22-18-31-26(17-24(22)37)32-25-5-8-30-28(33-25)36-10-6-21(39-4)7-11-36/h5,8,17-21H,6-7,9-16H2,1-4H3,(H,29,38)(H,30,31,32,33). The quantitative estimate of drug-likeness (QED) is 0.428. The Morgan fingerprint density at radius 3 is 2.59 bits per heavy atom. The second kappa shape index (κ2) is 12.3. The number of carbonyl (C=O) groups excluding carboxylic acids is 1. The average Bonchev–Trinajstić information content (AvgIpc) is 3.34. The van der Waals surface area contributed by atoms with Gasteiger partial charge < -0.3 is 29.7 Å². The molecule has 2 N–H and O–H groups in total. The zero-order valence-corrected chi connectivity index (χ0v) is 23.6. The van der Waals surface area contributed by atoms with Crippen molar-refractivity contribution in [1.29, 1.82) is 0 Å². The molecule has 0 aromatic carbocycles. The number of nitrogens with zero attached hydrogens (tertiary/aromatic N) is 7. The number of piperazine rings is 1. The maximum Gasteiger partial charge on any atom is 0.253 e. The number of carbonyl (C=O) groups is 1. The molecule has 2 fully saturated rings. The van der Waals surface area contributed by atoms with Gasteiger partial charge in [-0.1, -0.05) is 0 Å². The van der Waals surface area contributed by atoms with E-state index >= 15 is 0 Å². The monoisotopic (exact) mass is 535 g/mol. The Bertz CT molecular complexity index is 1260. The van der Waals surface area contributed by atoms with Gasteiger partial charge in [0.05, 0.1) is 17.2 Å². The molecule has 210 valence electrons. The van der Waals surface area contributed by atoms with Crippen LogP contribution in [0.2, 0.25) is 0 Å². The summed E-state index contributed by atoms with van der Waals surface area (Å²) in [7, 11) is 3.92. The molecular weight excluding hydrogens is 494 g/mol. The van der Waals surface area contributed by atoms with Crippen molar-refractivity contribution in [1.82, 2.24) is 34.6 Å². The molecule has 5 rings (SSSR count). The highest BCUT2D eigenvalue weighted by molar-refractivity contribution is 6.07. The smallest absolute Gasteiger partial charge is 0.253 e. The summed E-state index contributed by atoms with van der Waals surface area (Å²) in [6.07, 6.45) is 7.73. The van der Waals surface area contributed by atoms with Crippen molar-refractivity contribution in [3.8, 4) is 0 Å². The van der Waals surface area contributed by atoms with Crippen molar-refractivity contribution >= 4 is 34.4 Å². The molecule has 0 radical (unpaired) electrons. The summed E-state index contributed by atoms with van der Waals surface area (Å²) in [4.78, 5) is 33.9. The van der Waals surface area contributed by atoms with Crippen molar-refractivity contribution in [3.63, 3.8) is 0 Å². The van der Waals surface area contributed by atoms with Crippen LogP contribution in [-0.4, -0.2) is 108 Å². The summed E-state index contributed by atoms with van der Waals surface area (Å²) < 4.78 is 7.61. The fourth-order valence-corrected chi connectivity index (χ4v) is 5.31. The van der Waals surface area contributed by atoms with E-state index in [1.807, 2.05) is 18.3 Å². The van der Waals surface area contributed by atoms with E-state index in [4.69, 9.17) is 9.72 Å². The van der Waals surface area contributed by atoms with Crippen LogP contribution in [-0.2, 0) is 4.74 Å². The molecular formula is C28H41N9O2. The maximum absolute atomic E-state index is 13.2. The number of hydrogen-bond donors (Lipinski definition) is 2. The number of nitrogens with one attached hydrogen (secondary N) is 2. The van der Waals surface area contributed by atoms with Gasteiger partial charge in [-0.05, 0) is 39.8 Å². The number of pyridine rings is 1. The number of methoxy groups -OCH3 is 1. The lowest BCUT2D eigenvalue weighted by molar-refractivity contribution is 0.0816. The number of fused-ring (bicyclic) bond motifs is 1. The Morgan fingerprint density at radius 2 is 1.87 bits per heavy atom. The summed E-state index contributed by atoms with van der Waals surface area (Å²) >= 11 is 0. The van der Waals surface area contributed by atoms with Gasteiger partial charge in [0.15, 0.2) is 0 Å². The van der Waals surface area contributed by atoms with Crippen LogP contribution < -0.4 is 15.5 Å². The third-order valence-corrected chi connectivity index (χ3v) is 7.79. The summed E-state index contributed by atoms with van der Waals surface area (Å²) in [6.45, 7) is 11.7. The Hall–Kier alpha value is -3.28. The number of aromatic nitrogens is 4. The summed E-state index contributed by atoms with van der Waals surface area (Å²) in [5.74, 6) is 2.00. The number of anilines is 3. The Kier molecular flexibility index (Phi) is 8.59. The maximum atomic E-state index is 13.2. The van der Waals surface area contributed by atoms with Gasteiger partial charge in [0.1, 0.15) is 11.6 Å². The van der Waals surface area contributed by atoms with Gasteiger partial charge in [0, 0.05) is 95.6 Å². The largest absolute Gasteiger partial charge is 0.381 e. The summed E-state index contributed by atoms with van der Waals surface area (Å²) in [5, 5.41) is 7.30. The number of likely N-dealkylation sites (N-methyl/N-ethyl adjacent to an activating group) is 1. The summed E-state index contributed by atoms with van der Waals surface area (Å²) in [5.41, 5.74) is 1.61. The lowest BCUT2D eigenvalue weighted by Gasteiger charge is -2.32. The van der Waals surface area contributed by atoms with Crippen LogP contribution in [0.1, 0.15) is 43.1 Å². The zero-order valence-electron chi connectivity index (χ0n) is 23.6. The molecule has 2 aliphatic heterocycles. The lowest BCUT2D eigenvalue weighted by atomic mass is 10.1. The lowest BCUT2D eigenvalue weighted by Crippen LogP contribution is -2.46. The van der Waals surface area contributed by atoms with Crippen LogP contribution in [0.5, 0.6) is 0 Å². The molecule has 0 unspecified atom stereocenters. The van der Waals surface area contributed by atoms with E-state index in [2.05, 4.69) is 60.8 Å². The highest BCUT2D eigenvalue weighted by Gasteiger charge is 2.22. The van der Waals surface area contributed by atoms with Gasteiger partial charge in [-0.3, -0.25) is 9.69 Å². The number of rotatable bonds is 9. The Morgan fingerprint density at radius 1 is 1.10 bits per heavy atom. The molecule has 5 heterocycles. The molecule has 3 aromatic heterocycles. The third kappa shape index (κ3) is 6.48. The predicted molar refractivity (Wildman–Crippen MR) is 154 cm³/mol. The highest BCUT2D eigenvalue weighted by Crippen LogP contribution is 2.27. The van der Waals surface area contributed by atoms with Gasteiger partial charge in [-0.2, -0.15) is 4.98 Å².